The van der Waals surface area contributed by atoms with Gasteiger partial charge < -0.3 is 4.98 Å². The third-order valence-corrected chi connectivity index (χ3v) is 6.24. The lowest BCUT2D eigenvalue weighted by Gasteiger charge is -2.09. The molecule has 2 aromatic carbocycles. The van der Waals surface area contributed by atoms with E-state index in [1.54, 1.807) is 18.2 Å². The minimum atomic E-state index is -0.707. The molecule has 3 N–H and O–H groups in total. The average molecular weight is 500 g/mol. The fourth-order valence-electron chi connectivity index (χ4n) is 3.54. The SMILES string of the molecule is Cc1cccc(-c2ccc(C(=O)NNC(=O)c3ccc(CSc4nc(C)cc(C)n4)cc3)c(=O)[nH]2)c1. The maximum absolute atomic E-state index is 12.5. The summed E-state index contributed by atoms with van der Waals surface area (Å²) in [5.41, 5.74) is 9.72. The summed E-state index contributed by atoms with van der Waals surface area (Å²) in [6.45, 7) is 5.82. The van der Waals surface area contributed by atoms with Gasteiger partial charge in [-0.2, -0.15) is 0 Å². The van der Waals surface area contributed by atoms with E-state index in [0.717, 1.165) is 28.1 Å². The van der Waals surface area contributed by atoms with Crippen LogP contribution in [-0.2, 0) is 5.75 Å². The Morgan fingerprint density at radius 1 is 0.861 bits per heavy atom. The number of aromatic amines is 1. The Bertz CT molecular complexity index is 1460. The van der Waals surface area contributed by atoms with Crippen LogP contribution in [0.2, 0.25) is 0 Å². The molecule has 0 radical (unpaired) electrons. The lowest BCUT2D eigenvalue weighted by atomic mass is 10.1. The Morgan fingerprint density at radius 2 is 1.56 bits per heavy atom. The number of hydrazine groups is 1. The Morgan fingerprint density at radius 3 is 2.22 bits per heavy atom. The molecule has 4 aromatic rings. The molecule has 0 fully saturated rings. The molecule has 0 saturated carbocycles. The first-order chi connectivity index (χ1) is 17.3. The van der Waals surface area contributed by atoms with Crippen molar-refractivity contribution in [1.82, 2.24) is 25.8 Å². The topological polar surface area (TPSA) is 117 Å². The number of nitrogens with zero attached hydrogens (tertiary/aromatic N) is 2. The van der Waals surface area contributed by atoms with E-state index >= 15 is 0 Å². The van der Waals surface area contributed by atoms with Gasteiger partial charge >= 0.3 is 0 Å². The molecule has 36 heavy (non-hydrogen) atoms. The number of benzene rings is 2. The normalized spacial score (nSPS) is 10.6. The highest BCUT2D eigenvalue weighted by molar-refractivity contribution is 7.98. The molecule has 0 unspecified atom stereocenters. The molecular formula is C27H25N5O3S. The van der Waals surface area contributed by atoms with Crippen LogP contribution in [0.15, 0.2) is 76.7 Å². The van der Waals surface area contributed by atoms with Gasteiger partial charge in [-0.1, -0.05) is 47.7 Å². The first kappa shape index (κ1) is 24.9. The van der Waals surface area contributed by atoms with E-state index in [9.17, 15) is 14.4 Å². The second-order valence-electron chi connectivity index (χ2n) is 8.31. The van der Waals surface area contributed by atoms with Crippen molar-refractivity contribution in [3.05, 3.63) is 111 Å². The molecule has 0 spiro atoms. The van der Waals surface area contributed by atoms with E-state index in [1.807, 2.05) is 63.2 Å². The van der Waals surface area contributed by atoms with Crippen LogP contribution in [0, 0.1) is 20.8 Å². The Labute approximate surface area is 212 Å². The molecule has 2 aromatic heterocycles. The first-order valence-electron chi connectivity index (χ1n) is 11.2. The number of rotatable bonds is 6. The summed E-state index contributed by atoms with van der Waals surface area (Å²) < 4.78 is 0. The zero-order valence-corrected chi connectivity index (χ0v) is 20.9. The Kier molecular flexibility index (Phi) is 7.60. The van der Waals surface area contributed by atoms with Crippen LogP contribution in [0.25, 0.3) is 11.3 Å². The summed E-state index contributed by atoms with van der Waals surface area (Å²) in [6, 6.07) is 19.7. The number of H-pyrrole nitrogens is 1. The number of hydrogen-bond acceptors (Lipinski definition) is 6. The van der Waals surface area contributed by atoms with Gasteiger partial charge in [0.2, 0.25) is 0 Å². The minimum Gasteiger partial charge on any atom is -0.321 e. The van der Waals surface area contributed by atoms with Crippen molar-refractivity contribution in [2.75, 3.05) is 0 Å². The molecular weight excluding hydrogens is 474 g/mol. The van der Waals surface area contributed by atoms with Crippen LogP contribution in [-0.4, -0.2) is 26.8 Å². The number of hydrogen-bond donors (Lipinski definition) is 3. The first-order valence-corrected chi connectivity index (χ1v) is 12.2. The standard InChI is InChI=1S/C27H25N5O3S/c1-16-5-4-6-21(13-16)23-12-11-22(25(34)30-23)26(35)32-31-24(33)20-9-7-19(8-10-20)15-36-27-28-17(2)14-18(3)29-27/h4-14H,15H2,1-3H3,(H,30,34)(H,31,33)(H,32,35). The van der Waals surface area contributed by atoms with Crippen molar-refractivity contribution >= 4 is 23.6 Å². The van der Waals surface area contributed by atoms with Crippen molar-refractivity contribution in [3.8, 4) is 11.3 Å². The fraction of sp³-hybridized carbons (Fsp3) is 0.148. The van der Waals surface area contributed by atoms with E-state index < -0.39 is 17.4 Å². The summed E-state index contributed by atoms with van der Waals surface area (Å²) in [4.78, 5) is 48.9. The Balaban J connectivity index is 1.33. The highest BCUT2D eigenvalue weighted by Crippen LogP contribution is 2.20. The number of thioether (sulfide) groups is 1. The summed E-state index contributed by atoms with van der Waals surface area (Å²) >= 11 is 1.52. The molecule has 2 amide bonds. The Hall–Kier alpha value is -4.24. The largest absolute Gasteiger partial charge is 0.321 e. The predicted octanol–water partition coefficient (Wildman–Crippen LogP) is 4.12. The van der Waals surface area contributed by atoms with Crippen LogP contribution < -0.4 is 16.4 Å². The summed E-state index contributed by atoms with van der Waals surface area (Å²) in [7, 11) is 0. The molecule has 0 saturated heterocycles. The van der Waals surface area contributed by atoms with Crippen LogP contribution >= 0.6 is 11.8 Å². The molecule has 0 aliphatic rings. The van der Waals surface area contributed by atoms with Crippen molar-refractivity contribution in [1.29, 1.82) is 0 Å². The van der Waals surface area contributed by atoms with E-state index in [2.05, 4.69) is 25.8 Å². The number of aromatic nitrogens is 3. The fourth-order valence-corrected chi connectivity index (χ4v) is 4.45. The molecule has 9 heteroatoms. The second-order valence-corrected chi connectivity index (χ2v) is 9.25. The lowest BCUT2D eigenvalue weighted by Crippen LogP contribution is -2.43. The van der Waals surface area contributed by atoms with Crippen molar-refractivity contribution in [2.24, 2.45) is 0 Å². The molecule has 8 nitrogen and oxygen atoms in total. The number of aryl methyl sites for hydroxylation is 3. The van der Waals surface area contributed by atoms with Gasteiger partial charge in [-0.25, -0.2) is 9.97 Å². The molecule has 182 valence electrons. The van der Waals surface area contributed by atoms with Crippen LogP contribution in [0.5, 0.6) is 0 Å². The molecule has 0 bridgehead atoms. The van der Waals surface area contributed by atoms with Crippen LogP contribution in [0.3, 0.4) is 0 Å². The average Bonchev–Trinajstić information content (AvgIpc) is 2.85. The van der Waals surface area contributed by atoms with E-state index in [0.29, 0.717) is 22.2 Å². The summed E-state index contributed by atoms with van der Waals surface area (Å²) in [6.07, 6.45) is 0. The lowest BCUT2D eigenvalue weighted by molar-refractivity contribution is 0.0846. The molecule has 0 aliphatic heterocycles. The van der Waals surface area contributed by atoms with Crippen LogP contribution in [0.1, 0.15) is 43.2 Å². The predicted molar refractivity (Wildman–Crippen MR) is 140 cm³/mol. The van der Waals surface area contributed by atoms with Crippen molar-refractivity contribution in [3.63, 3.8) is 0 Å². The number of amides is 2. The van der Waals surface area contributed by atoms with Gasteiger partial charge in [0, 0.05) is 28.4 Å². The number of carbonyl (C=O) groups is 2. The van der Waals surface area contributed by atoms with Gasteiger partial charge in [-0.15, -0.1) is 0 Å². The maximum atomic E-state index is 12.5. The van der Waals surface area contributed by atoms with Crippen LogP contribution in [0.4, 0.5) is 0 Å². The smallest absolute Gasteiger partial charge is 0.275 e. The van der Waals surface area contributed by atoms with E-state index in [-0.39, 0.29) is 5.56 Å². The monoisotopic (exact) mass is 499 g/mol. The highest BCUT2D eigenvalue weighted by Gasteiger charge is 2.13. The van der Waals surface area contributed by atoms with Gasteiger partial charge in [-0.05, 0) is 68.3 Å². The molecule has 0 aliphatic carbocycles. The van der Waals surface area contributed by atoms with E-state index in [4.69, 9.17) is 0 Å². The highest BCUT2D eigenvalue weighted by atomic mass is 32.2. The maximum Gasteiger partial charge on any atom is 0.275 e. The van der Waals surface area contributed by atoms with Gasteiger partial charge in [0.05, 0.1) is 0 Å². The third-order valence-electron chi connectivity index (χ3n) is 5.32. The van der Waals surface area contributed by atoms with Gasteiger partial charge in [-0.3, -0.25) is 25.2 Å². The van der Waals surface area contributed by atoms with Gasteiger partial charge in [0.15, 0.2) is 5.16 Å². The van der Waals surface area contributed by atoms with E-state index in [1.165, 1.54) is 17.8 Å². The quantitative estimate of drug-likeness (QED) is 0.209. The number of carbonyl (C=O) groups excluding carboxylic acids is 2. The molecule has 2 heterocycles. The second kappa shape index (κ2) is 11.0. The summed E-state index contributed by atoms with van der Waals surface area (Å²) in [5.74, 6) is -0.544. The van der Waals surface area contributed by atoms with Gasteiger partial charge in [0.25, 0.3) is 17.4 Å². The zero-order chi connectivity index (χ0) is 25.7. The molecule has 4 rings (SSSR count). The summed E-state index contributed by atoms with van der Waals surface area (Å²) in [5, 5.41) is 0.707. The van der Waals surface area contributed by atoms with Gasteiger partial charge in [0.1, 0.15) is 5.56 Å². The van der Waals surface area contributed by atoms with Crippen molar-refractivity contribution in [2.45, 2.75) is 31.7 Å². The number of pyridine rings is 1. The zero-order valence-electron chi connectivity index (χ0n) is 20.1. The van der Waals surface area contributed by atoms with Crippen molar-refractivity contribution < 1.29 is 9.59 Å². The molecule has 0 atom stereocenters. The third kappa shape index (κ3) is 6.25. The number of nitrogens with one attached hydrogen (secondary N) is 3. The minimum absolute atomic E-state index is 0.104.